The summed E-state index contributed by atoms with van der Waals surface area (Å²) in [5.74, 6) is -0.739. The molecule has 0 spiro atoms. The lowest BCUT2D eigenvalue weighted by Gasteiger charge is -2.31. The molecule has 0 aromatic heterocycles. The van der Waals surface area contributed by atoms with E-state index < -0.39 is 5.97 Å². The summed E-state index contributed by atoms with van der Waals surface area (Å²) < 4.78 is 0. The van der Waals surface area contributed by atoms with Gasteiger partial charge in [-0.25, -0.2) is 0 Å². The number of halogens is 1. The van der Waals surface area contributed by atoms with Crippen molar-refractivity contribution in [3.05, 3.63) is 34.9 Å². The number of benzene rings is 1. The maximum absolute atomic E-state index is 12.5. The first-order chi connectivity index (χ1) is 11.9. The van der Waals surface area contributed by atoms with Gasteiger partial charge in [-0.15, -0.1) is 0 Å². The van der Waals surface area contributed by atoms with Gasteiger partial charge in [-0.1, -0.05) is 18.5 Å². The Morgan fingerprint density at radius 2 is 1.80 bits per heavy atom. The summed E-state index contributed by atoms with van der Waals surface area (Å²) in [5.41, 5.74) is 0.664. The summed E-state index contributed by atoms with van der Waals surface area (Å²) in [4.78, 5) is 37.2. The van der Waals surface area contributed by atoms with Gasteiger partial charge < -0.3 is 10.0 Å². The van der Waals surface area contributed by atoms with Gasteiger partial charge in [0.1, 0.15) is 0 Å². The summed E-state index contributed by atoms with van der Waals surface area (Å²) in [7, 11) is 0. The van der Waals surface area contributed by atoms with Gasteiger partial charge in [0.15, 0.2) is 5.78 Å². The first kappa shape index (κ1) is 19.4. The Morgan fingerprint density at radius 1 is 1.20 bits per heavy atom. The molecule has 1 fully saturated rings. The van der Waals surface area contributed by atoms with Crippen LogP contribution in [0.15, 0.2) is 24.3 Å². The molecular formula is C19H24ClNO4. The molecule has 0 bridgehead atoms. The Hall–Kier alpha value is -1.88. The molecule has 1 aliphatic rings. The molecule has 1 N–H and O–H groups in total. The van der Waals surface area contributed by atoms with Crippen LogP contribution >= 0.6 is 11.6 Å². The SMILES string of the molecule is CC(CCC(=O)N1CCC(C(=O)c2ccc(Cl)cc2)CC1)CC(=O)O. The van der Waals surface area contributed by atoms with Crippen molar-refractivity contribution in [1.82, 2.24) is 4.90 Å². The van der Waals surface area contributed by atoms with E-state index in [0.717, 1.165) is 0 Å². The predicted molar refractivity (Wildman–Crippen MR) is 95.7 cm³/mol. The second-order valence-electron chi connectivity index (χ2n) is 6.77. The number of carboxylic acids is 1. The molecule has 0 radical (unpaired) electrons. The molecule has 1 aliphatic heterocycles. The zero-order chi connectivity index (χ0) is 18.4. The Kier molecular flexibility index (Phi) is 7.00. The summed E-state index contributed by atoms with van der Waals surface area (Å²) in [6.45, 7) is 3.00. The average molecular weight is 366 g/mol. The fourth-order valence-corrected chi connectivity index (χ4v) is 3.30. The minimum Gasteiger partial charge on any atom is -0.481 e. The first-order valence-corrected chi connectivity index (χ1v) is 9.04. The van der Waals surface area contributed by atoms with Crippen LogP contribution < -0.4 is 0 Å². The van der Waals surface area contributed by atoms with Crippen molar-refractivity contribution in [3.63, 3.8) is 0 Å². The number of nitrogens with zero attached hydrogens (tertiary/aromatic N) is 1. The van der Waals surface area contributed by atoms with Gasteiger partial charge in [-0.3, -0.25) is 14.4 Å². The molecule has 1 aromatic carbocycles. The number of likely N-dealkylation sites (tertiary alicyclic amines) is 1. The number of rotatable bonds is 7. The van der Waals surface area contributed by atoms with Crippen LogP contribution in [0.25, 0.3) is 0 Å². The lowest BCUT2D eigenvalue weighted by Crippen LogP contribution is -2.40. The van der Waals surface area contributed by atoms with Crippen LogP contribution in [0, 0.1) is 11.8 Å². The number of hydrogen-bond acceptors (Lipinski definition) is 3. The molecule has 6 heteroatoms. The van der Waals surface area contributed by atoms with Gasteiger partial charge in [-0.2, -0.15) is 0 Å². The maximum Gasteiger partial charge on any atom is 0.303 e. The van der Waals surface area contributed by atoms with E-state index in [1.54, 1.807) is 29.2 Å². The van der Waals surface area contributed by atoms with E-state index in [4.69, 9.17) is 16.7 Å². The third kappa shape index (κ3) is 5.85. The third-order valence-electron chi connectivity index (χ3n) is 4.72. The Bertz CT molecular complexity index is 621. The van der Waals surface area contributed by atoms with Gasteiger partial charge in [0.2, 0.25) is 5.91 Å². The zero-order valence-electron chi connectivity index (χ0n) is 14.4. The van der Waals surface area contributed by atoms with E-state index in [2.05, 4.69) is 0 Å². The second kappa shape index (κ2) is 8.99. The number of Topliss-reactive ketones (excluding diaryl/α,β-unsaturated/α-hetero) is 1. The largest absolute Gasteiger partial charge is 0.481 e. The second-order valence-corrected chi connectivity index (χ2v) is 7.20. The van der Waals surface area contributed by atoms with E-state index in [1.807, 2.05) is 6.92 Å². The number of piperidine rings is 1. The fraction of sp³-hybridized carbons (Fsp3) is 0.526. The third-order valence-corrected chi connectivity index (χ3v) is 4.97. The molecule has 1 heterocycles. The number of hydrogen-bond donors (Lipinski definition) is 1. The van der Waals surface area contributed by atoms with Gasteiger partial charge in [0.05, 0.1) is 0 Å². The molecule has 2 rings (SSSR count). The number of aliphatic carboxylic acids is 1. The molecule has 0 saturated carbocycles. The fourth-order valence-electron chi connectivity index (χ4n) is 3.17. The van der Waals surface area contributed by atoms with Crippen molar-refractivity contribution >= 4 is 29.3 Å². The Balaban J connectivity index is 1.78. The molecule has 1 unspecified atom stereocenters. The highest BCUT2D eigenvalue weighted by molar-refractivity contribution is 6.30. The summed E-state index contributed by atoms with van der Waals surface area (Å²) in [6, 6.07) is 6.91. The Morgan fingerprint density at radius 3 is 2.36 bits per heavy atom. The highest BCUT2D eigenvalue weighted by Gasteiger charge is 2.28. The van der Waals surface area contributed by atoms with Crippen molar-refractivity contribution in [2.24, 2.45) is 11.8 Å². The molecular weight excluding hydrogens is 342 g/mol. The highest BCUT2D eigenvalue weighted by atomic mass is 35.5. The van der Waals surface area contributed by atoms with E-state index in [9.17, 15) is 14.4 Å². The first-order valence-electron chi connectivity index (χ1n) is 8.66. The minimum absolute atomic E-state index is 0.00882. The van der Waals surface area contributed by atoms with E-state index in [-0.39, 0.29) is 29.9 Å². The van der Waals surface area contributed by atoms with Crippen LogP contribution in [0.5, 0.6) is 0 Å². The van der Waals surface area contributed by atoms with E-state index in [0.29, 0.717) is 49.4 Å². The van der Waals surface area contributed by atoms with Crippen molar-refractivity contribution in [3.8, 4) is 0 Å². The summed E-state index contributed by atoms with van der Waals surface area (Å²) in [5, 5.41) is 9.36. The molecule has 0 aliphatic carbocycles. The van der Waals surface area contributed by atoms with Crippen LogP contribution in [0.1, 0.15) is 49.4 Å². The molecule has 136 valence electrons. The predicted octanol–water partition coefficient (Wildman–Crippen LogP) is 3.65. The van der Waals surface area contributed by atoms with Gasteiger partial charge in [-0.05, 0) is 49.4 Å². The minimum atomic E-state index is -0.832. The standard InChI is InChI=1S/C19H24ClNO4/c1-13(12-18(23)24)2-7-17(22)21-10-8-15(9-11-21)19(25)14-3-5-16(20)6-4-14/h3-6,13,15H,2,7-12H2,1H3,(H,23,24). The number of ketones is 1. The van der Waals surface area contributed by atoms with Crippen molar-refractivity contribution in [2.75, 3.05) is 13.1 Å². The molecule has 5 nitrogen and oxygen atoms in total. The van der Waals surface area contributed by atoms with Crippen molar-refractivity contribution in [2.45, 2.75) is 39.0 Å². The van der Waals surface area contributed by atoms with Crippen molar-refractivity contribution in [1.29, 1.82) is 0 Å². The normalized spacial score (nSPS) is 16.5. The van der Waals surface area contributed by atoms with Crippen LogP contribution in [0.4, 0.5) is 0 Å². The molecule has 1 atom stereocenters. The van der Waals surface area contributed by atoms with Crippen molar-refractivity contribution < 1.29 is 19.5 Å². The van der Waals surface area contributed by atoms with Gasteiger partial charge in [0.25, 0.3) is 0 Å². The lowest BCUT2D eigenvalue weighted by atomic mass is 9.88. The molecule has 25 heavy (non-hydrogen) atoms. The Labute approximate surface area is 153 Å². The van der Waals surface area contributed by atoms with Crippen LogP contribution in [0.2, 0.25) is 5.02 Å². The summed E-state index contributed by atoms with van der Waals surface area (Å²) in [6.07, 6.45) is 2.36. The summed E-state index contributed by atoms with van der Waals surface area (Å²) >= 11 is 5.85. The monoisotopic (exact) mass is 365 g/mol. The molecule has 1 amide bonds. The number of amides is 1. The number of carboxylic acid groups (broad SMARTS) is 1. The lowest BCUT2D eigenvalue weighted by molar-refractivity contribution is -0.138. The average Bonchev–Trinajstić information content (AvgIpc) is 2.59. The highest BCUT2D eigenvalue weighted by Crippen LogP contribution is 2.23. The topological polar surface area (TPSA) is 74.7 Å². The van der Waals surface area contributed by atoms with Crippen LogP contribution in [-0.2, 0) is 9.59 Å². The quantitative estimate of drug-likeness (QED) is 0.748. The van der Waals surface area contributed by atoms with E-state index >= 15 is 0 Å². The molecule has 1 saturated heterocycles. The molecule has 1 aromatic rings. The maximum atomic E-state index is 12.5. The smallest absolute Gasteiger partial charge is 0.303 e. The van der Waals surface area contributed by atoms with Crippen LogP contribution in [-0.4, -0.2) is 40.8 Å². The van der Waals surface area contributed by atoms with Gasteiger partial charge >= 0.3 is 5.97 Å². The van der Waals surface area contributed by atoms with E-state index in [1.165, 1.54) is 0 Å². The number of carbonyl (C=O) groups is 3. The zero-order valence-corrected chi connectivity index (χ0v) is 15.2. The number of carbonyl (C=O) groups excluding carboxylic acids is 2. The van der Waals surface area contributed by atoms with Crippen LogP contribution in [0.3, 0.4) is 0 Å². The van der Waals surface area contributed by atoms with Gasteiger partial charge in [0, 0.05) is 42.4 Å².